The van der Waals surface area contributed by atoms with E-state index in [-0.39, 0.29) is 11.5 Å². The van der Waals surface area contributed by atoms with Gasteiger partial charge in [0.2, 0.25) is 0 Å². The molecule has 1 atom stereocenters. The van der Waals surface area contributed by atoms with Crippen LogP contribution in [0.25, 0.3) is 0 Å². The van der Waals surface area contributed by atoms with Gasteiger partial charge in [-0.3, -0.25) is 5.32 Å². The number of benzene rings is 1. The molecule has 1 aromatic carbocycles. The van der Waals surface area contributed by atoms with Crippen LogP contribution in [0.2, 0.25) is 0 Å². The Bertz CT molecular complexity index is 426. The van der Waals surface area contributed by atoms with Crippen molar-refractivity contribution in [2.45, 2.75) is 45.6 Å². The lowest BCUT2D eigenvalue weighted by molar-refractivity contribution is 0.144. The van der Waals surface area contributed by atoms with E-state index in [1.54, 1.807) is 0 Å². The molecule has 3 heteroatoms. The molecule has 0 aliphatic rings. The maximum Gasteiger partial charge on any atom is 0.121 e. The normalized spacial score (nSPS) is 12.9. The van der Waals surface area contributed by atoms with Crippen LogP contribution >= 0.6 is 0 Å². The highest BCUT2D eigenvalue weighted by Crippen LogP contribution is 2.23. The van der Waals surface area contributed by atoms with Gasteiger partial charge in [0.1, 0.15) is 6.04 Å². The molecule has 0 aliphatic heterocycles. The van der Waals surface area contributed by atoms with Crippen LogP contribution in [-0.4, -0.2) is 19.8 Å². The van der Waals surface area contributed by atoms with Crippen molar-refractivity contribution in [1.29, 1.82) is 5.26 Å². The molecule has 1 aromatic rings. The van der Waals surface area contributed by atoms with E-state index in [9.17, 15) is 5.26 Å². The first kappa shape index (κ1) is 16.7. The minimum atomic E-state index is -0.245. The largest absolute Gasteiger partial charge is 0.382 e. The molecule has 3 nitrogen and oxygen atoms in total. The van der Waals surface area contributed by atoms with Gasteiger partial charge in [0, 0.05) is 13.2 Å². The molecule has 0 aromatic heterocycles. The topological polar surface area (TPSA) is 45.0 Å². The highest BCUT2D eigenvalue weighted by molar-refractivity contribution is 5.31. The first-order chi connectivity index (χ1) is 9.49. The molecule has 0 fully saturated rings. The molecular weight excluding hydrogens is 248 g/mol. The standard InChI is InChI=1S/C17H26N2O/c1-5-20-12-6-11-19-16(13-18)14-7-9-15(10-8-14)17(2,3)4/h7-10,16,19H,5-6,11-12H2,1-4H3. The van der Waals surface area contributed by atoms with Gasteiger partial charge >= 0.3 is 0 Å². The Labute approximate surface area is 123 Å². The van der Waals surface area contributed by atoms with Crippen molar-refractivity contribution in [2.24, 2.45) is 0 Å². The Hall–Kier alpha value is -1.37. The summed E-state index contributed by atoms with van der Waals surface area (Å²) in [7, 11) is 0. The molecule has 0 aliphatic carbocycles. The van der Waals surface area contributed by atoms with Crippen molar-refractivity contribution in [3.63, 3.8) is 0 Å². The fourth-order valence-corrected chi connectivity index (χ4v) is 1.98. The zero-order valence-electron chi connectivity index (χ0n) is 13.1. The average molecular weight is 274 g/mol. The van der Waals surface area contributed by atoms with E-state index in [0.29, 0.717) is 0 Å². The maximum absolute atomic E-state index is 9.27. The molecule has 0 amide bonds. The summed E-state index contributed by atoms with van der Waals surface area (Å²) in [5, 5.41) is 12.5. The van der Waals surface area contributed by atoms with Gasteiger partial charge in [0.05, 0.1) is 6.07 Å². The van der Waals surface area contributed by atoms with Gasteiger partial charge in [-0.2, -0.15) is 5.26 Å². The van der Waals surface area contributed by atoms with Crippen LogP contribution in [0.3, 0.4) is 0 Å². The minimum absolute atomic E-state index is 0.144. The predicted molar refractivity (Wildman–Crippen MR) is 82.6 cm³/mol. The summed E-state index contributed by atoms with van der Waals surface area (Å²) >= 11 is 0. The van der Waals surface area contributed by atoms with Gasteiger partial charge in [-0.15, -0.1) is 0 Å². The highest BCUT2D eigenvalue weighted by atomic mass is 16.5. The van der Waals surface area contributed by atoms with Crippen LogP contribution in [-0.2, 0) is 10.2 Å². The maximum atomic E-state index is 9.27. The third-order valence-electron chi connectivity index (χ3n) is 3.26. The van der Waals surface area contributed by atoms with E-state index in [2.05, 4.69) is 44.3 Å². The van der Waals surface area contributed by atoms with Crippen LogP contribution in [0, 0.1) is 11.3 Å². The van der Waals surface area contributed by atoms with E-state index in [1.807, 2.05) is 19.1 Å². The van der Waals surface area contributed by atoms with Crippen molar-refractivity contribution in [2.75, 3.05) is 19.8 Å². The summed E-state index contributed by atoms with van der Waals surface area (Å²) in [5.41, 5.74) is 2.46. The lowest BCUT2D eigenvalue weighted by Gasteiger charge is -2.20. The zero-order chi connectivity index (χ0) is 15.0. The second kappa shape index (κ2) is 8.04. The molecule has 0 heterocycles. The number of hydrogen-bond donors (Lipinski definition) is 1. The average Bonchev–Trinajstić information content (AvgIpc) is 2.42. The molecule has 20 heavy (non-hydrogen) atoms. The Morgan fingerprint density at radius 3 is 2.40 bits per heavy atom. The molecule has 1 unspecified atom stereocenters. The highest BCUT2D eigenvalue weighted by Gasteiger charge is 2.15. The van der Waals surface area contributed by atoms with E-state index < -0.39 is 0 Å². The second-order valence-corrected chi connectivity index (χ2v) is 5.94. The van der Waals surface area contributed by atoms with Crippen LogP contribution in [0.5, 0.6) is 0 Å². The molecule has 110 valence electrons. The number of nitriles is 1. The van der Waals surface area contributed by atoms with Crippen molar-refractivity contribution in [3.8, 4) is 6.07 Å². The Morgan fingerprint density at radius 2 is 1.90 bits per heavy atom. The van der Waals surface area contributed by atoms with Gasteiger partial charge in [-0.1, -0.05) is 45.0 Å². The SMILES string of the molecule is CCOCCCNC(C#N)c1ccc(C(C)(C)C)cc1. The van der Waals surface area contributed by atoms with E-state index in [0.717, 1.165) is 31.7 Å². The van der Waals surface area contributed by atoms with E-state index in [4.69, 9.17) is 4.74 Å². The van der Waals surface area contributed by atoms with Crippen LogP contribution < -0.4 is 5.32 Å². The van der Waals surface area contributed by atoms with Gasteiger partial charge < -0.3 is 4.74 Å². The minimum Gasteiger partial charge on any atom is -0.382 e. The van der Waals surface area contributed by atoms with E-state index >= 15 is 0 Å². The van der Waals surface area contributed by atoms with E-state index in [1.165, 1.54) is 5.56 Å². The molecule has 1 rings (SSSR count). The summed E-state index contributed by atoms with van der Waals surface area (Å²) in [6.45, 7) is 10.8. The summed E-state index contributed by atoms with van der Waals surface area (Å²) in [4.78, 5) is 0. The van der Waals surface area contributed by atoms with Gasteiger partial charge in [-0.05, 0) is 36.4 Å². The summed E-state index contributed by atoms with van der Waals surface area (Å²) in [5.74, 6) is 0. The summed E-state index contributed by atoms with van der Waals surface area (Å²) < 4.78 is 5.28. The Kier molecular flexibility index (Phi) is 6.70. The van der Waals surface area contributed by atoms with Crippen molar-refractivity contribution >= 4 is 0 Å². The number of ether oxygens (including phenoxy) is 1. The van der Waals surface area contributed by atoms with Gasteiger partial charge in [-0.25, -0.2) is 0 Å². The first-order valence-electron chi connectivity index (χ1n) is 7.30. The molecule has 0 saturated heterocycles. The Balaban J connectivity index is 2.56. The lowest BCUT2D eigenvalue weighted by Crippen LogP contribution is -2.22. The number of hydrogen-bond acceptors (Lipinski definition) is 3. The van der Waals surface area contributed by atoms with Crippen LogP contribution in [0.1, 0.15) is 51.3 Å². The molecule has 0 bridgehead atoms. The summed E-state index contributed by atoms with van der Waals surface area (Å²) in [6.07, 6.45) is 0.923. The second-order valence-electron chi connectivity index (χ2n) is 5.94. The number of nitrogens with one attached hydrogen (secondary N) is 1. The van der Waals surface area contributed by atoms with Crippen LogP contribution in [0.4, 0.5) is 0 Å². The third kappa shape index (κ3) is 5.32. The van der Waals surface area contributed by atoms with Crippen LogP contribution in [0.15, 0.2) is 24.3 Å². The van der Waals surface area contributed by atoms with Gasteiger partial charge in [0.15, 0.2) is 0 Å². The quantitative estimate of drug-likeness (QED) is 0.773. The molecule has 1 N–H and O–H groups in total. The monoisotopic (exact) mass is 274 g/mol. The molecular formula is C17H26N2O. The van der Waals surface area contributed by atoms with Crippen molar-refractivity contribution < 1.29 is 4.74 Å². The van der Waals surface area contributed by atoms with Crippen molar-refractivity contribution in [3.05, 3.63) is 35.4 Å². The molecule has 0 radical (unpaired) electrons. The fraction of sp³-hybridized carbons (Fsp3) is 0.588. The third-order valence-corrected chi connectivity index (χ3v) is 3.26. The Morgan fingerprint density at radius 1 is 1.25 bits per heavy atom. The number of nitrogens with zero attached hydrogens (tertiary/aromatic N) is 1. The zero-order valence-corrected chi connectivity index (χ0v) is 13.1. The fourth-order valence-electron chi connectivity index (χ4n) is 1.98. The lowest BCUT2D eigenvalue weighted by atomic mass is 9.86. The van der Waals surface area contributed by atoms with Crippen molar-refractivity contribution in [1.82, 2.24) is 5.32 Å². The smallest absolute Gasteiger partial charge is 0.121 e. The van der Waals surface area contributed by atoms with Gasteiger partial charge in [0.25, 0.3) is 0 Å². The predicted octanol–water partition coefficient (Wildman–Crippen LogP) is 3.56. The molecule has 0 spiro atoms. The first-order valence-corrected chi connectivity index (χ1v) is 7.30. The summed E-state index contributed by atoms with van der Waals surface area (Å²) in [6, 6.07) is 10.4. The molecule has 0 saturated carbocycles. The number of rotatable bonds is 7.